The number of amides is 4. The second-order valence-corrected chi connectivity index (χ2v) is 9.29. The zero-order valence-electron chi connectivity index (χ0n) is 17.9. The molecule has 8 nitrogen and oxygen atoms in total. The van der Waals surface area contributed by atoms with Gasteiger partial charge in [-0.1, -0.05) is 30.4 Å². The number of carbonyl (C=O) groups excluding carboxylic acids is 4. The summed E-state index contributed by atoms with van der Waals surface area (Å²) in [5.74, 6) is -0.953. The van der Waals surface area contributed by atoms with Crippen molar-refractivity contribution in [1.29, 1.82) is 0 Å². The first-order valence-corrected chi connectivity index (χ1v) is 11.4. The minimum atomic E-state index is -0.285. The van der Waals surface area contributed by atoms with E-state index in [1.807, 2.05) is 30.3 Å². The molecule has 0 aromatic heterocycles. The van der Waals surface area contributed by atoms with E-state index in [0.29, 0.717) is 19.6 Å². The summed E-state index contributed by atoms with van der Waals surface area (Å²) in [6.07, 6.45) is 6.44. The maximum atomic E-state index is 12.7. The molecular weight excluding hydrogens is 408 g/mol. The van der Waals surface area contributed by atoms with E-state index in [1.54, 1.807) is 0 Å². The molecule has 0 spiro atoms. The standard InChI is InChI=1S/C24H28N4O4/c29-19(25-17-4-2-1-3-5-17)13-27-10-8-18(9-11-27)26-20(30)14-28-23(31)21-15-6-7-16(12-15)22(21)24(28)32/h1-7,15-16,18,21-22H,8-14H2,(H,25,29)(H,26,30). The van der Waals surface area contributed by atoms with Crippen molar-refractivity contribution in [2.75, 3.05) is 31.5 Å². The summed E-state index contributed by atoms with van der Waals surface area (Å²) in [6, 6.07) is 9.34. The van der Waals surface area contributed by atoms with E-state index < -0.39 is 0 Å². The quantitative estimate of drug-likeness (QED) is 0.512. The third-order valence-corrected chi connectivity index (χ3v) is 7.24. The van der Waals surface area contributed by atoms with Gasteiger partial charge in [-0.15, -0.1) is 0 Å². The molecule has 2 aliphatic heterocycles. The summed E-state index contributed by atoms with van der Waals surface area (Å²) < 4.78 is 0. The lowest BCUT2D eigenvalue weighted by Crippen LogP contribution is -2.49. The highest BCUT2D eigenvalue weighted by Crippen LogP contribution is 2.52. The molecule has 1 saturated carbocycles. The lowest BCUT2D eigenvalue weighted by atomic mass is 9.85. The van der Waals surface area contributed by atoms with Gasteiger partial charge in [-0.2, -0.15) is 0 Å². The Hall–Kier alpha value is -3.00. The predicted molar refractivity (Wildman–Crippen MR) is 117 cm³/mol. The van der Waals surface area contributed by atoms with Crippen LogP contribution in [-0.2, 0) is 19.2 Å². The van der Waals surface area contributed by atoms with Crippen LogP contribution in [0.3, 0.4) is 0 Å². The van der Waals surface area contributed by atoms with Crippen LogP contribution >= 0.6 is 0 Å². The molecule has 1 aromatic rings. The summed E-state index contributed by atoms with van der Waals surface area (Å²) in [4.78, 5) is 53.5. The zero-order valence-corrected chi connectivity index (χ0v) is 17.9. The first kappa shape index (κ1) is 20.9. The van der Waals surface area contributed by atoms with Crippen molar-refractivity contribution >= 4 is 29.3 Å². The summed E-state index contributed by atoms with van der Waals surface area (Å²) in [5.41, 5.74) is 0.776. The molecule has 2 aliphatic carbocycles. The van der Waals surface area contributed by atoms with E-state index in [1.165, 1.54) is 4.90 Å². The maximum absolute atomic E-state index is 12.7. The van der Waals surface area contributed by atoms with E-state index in [0.717, 1.165) is 24.9 Å². The van der Waals surface area contributed by atoms with E-state index in [4.69, 9.17) is 0 Å². The SMILES string of the molecule is O=C(CN1CCC(NC(=O)CN2C(=O)C3C4C=CC(C4)C3C2=O)CC1)Nc1ccccc1. The van der Waals surface area contributed by atoms with Crippen molar-refractivity contribution in [3.8, 4) is 0 Å². The molecule has 4 atom stereocenters. The van der Waals surface area contributed by atoms with E-state index in [2.05, 4.69) is 27.7 Å². The molecule has 1 aromatic carbocycles. The average Bonchev–Trinajstić information content (AvgIpc) is 3.46. The van der Waals surface area contributed by atoms with Crippen LogP contribution in [-0.4, -0.2) is 65.6 Å². The highest BCUT2D eigenvalue weighted by atomic mass is 16.2. The number of benzene rings is 1. The van der Waals surface area contributed by atoms with Crippen LogP contribution < -0.4 is 10.6 Å². The molecule has 2 saturated heterocycles. The third kappa shape index (κ3) is 3.95. The number of para-hydroxylation sites is 1. The van der Waals surface area contributed by atoms with Crippen LogP contribution in [0, 0.1) is 23.7 Å². The van der Waals surface area contributed by atoms with Crippen molar-refractivity contribution in [2.45, 2.75) is 25.3 Å². The van der Waals surface area contributed by atoms with Gasteiger partial charge in [-0.25, -0.2) is 0 Å². The fourth-order valence-corrected chi connectivity index (χ4v) is 5.70. The smallest absolute Gasteiger partial charge is 0.240 e. The summed E-state index contributed by atoms with van der Waals surface area (Å²) in [7, 11) is 0. The molecule has 2 bridgehead atoms. The molecule has 0 radical (unpaired) electrons. The Kier molecular flexibility index (Phi) is 5.55. The Morgan fingerprint density at radius 2 is 1.50 bits per heavy atom. The number of nitrogens with zero attached hydrogens (tertiary/aromatic N) is 2. The van der Waals surface area contributed by atoms with Crippen LogP contribution in [0.15, 0.2) is 42.5 Å². The van der Waals surface area contributed by atoms with E-state index in [9.17, 15) is 19.2 Å². The molecular formula is C24H28N4O4. The van der Waals surface area contributed by atoms with Gasteiger partial charge in [0, 0.05) is 24.8 Å². The molecule has 4 aliphatic rings. The molecule has 32 heavy (non-hydrogen) atoms. The van der Waals surface area contributed by atoms with Crippen LogP contribution in [0.2, 0.25) is 0 Å². The van der Waals surface area contributed by atoms with Crippen LogP contribution in [0.25, 0.3) is 0 Å². The van der Waals surface area contributed by atoms with Gasteiger partial charge in [0.25, 0.3) is 0 Å². The monoisotopic (exact) mass is 436 g/mol. The van der Waals surface area contributed by atoms with Gasteiger partial charge in [0.2, 0.25) is 23.6 Å². The zero-order chi connectivity index (χ0) is 22.2. The molecule has 8 heteroatoms. The number of hydrogen-bond acceptors (Lipinski definition) is 5. The Balaban J connectivity index is 1.06. The fourth-order valence-electron chi connectivity index (χ4n) is 5.70. The molecule has 2 heterocycles. The number of hydrogen-bond donors (Lipinski definition) is 2. The number of likely N-dealkylation sites (tertiary alicyclic amines) is 2. The Bertz CT molecular complexity index is 924. The lowest BCUT2D eigenvalue weighted by Gasteiger charge is -2.32. The maximum Gasteiger partial charge on any atom is 0.240 e. The molecule has 4 unspecified atom stereocenters. The first-order valence-electron chi connectivity index (χ1n) is 11.4. The second kappa shape index (κ2) is 8.50. The molecule has 3 fully saturated rings. The fraction of sp³-hybridized carbons (Fsp3) is 0.500. The van der Waals surface area contributed by atoms with Crippen molar-refractivity contribution in [3.05, 3.63) is 42.5 Å². The minimum absolute atomic E-state index is 0.0129. The third-order valence-electron chi connectivity index (χ3n) is 7.24. The second-order valence-electron chi connectivity index (χ2n) is 9.29. The number of carbonyl (C=O) groups is 4. The van der Waals surface area contributed by atoms with E-state index >= 15 is 0 Å². The van der Waals surface area contributed by atoms with Crippen molar-refractivity contribution in [3.63, 3.8) is 0 Å². The molecule has 5 rings (SSSR count). The Labute approximate surface area is 187 Å². The number of rotatable bonds is 6. The number of fused-ring (bicyclic) bond motifs is 5. The summed E-state index contributed by atoms with van der Waals surface area (Å²) >= 11 is 0. The normalized spacial score (nSPS) is 29.4. The van der Waals surface area contributed by atoms with Crippen molar-refractivity contribution in [2.24, 2.45) is 23.7 Å². The molecule has 4 amide bonds. The van der Waals surface area contributed by atoms with Crippen LogP contribution in [0.1, 0.15) is 19.3 Å². The van der Waals surface area contributed by atoms with E-state index in [-0.39, 0.29) is 59.9 Å². The largest absolute Gasteiger partial charge is 0.352 e. The lowest BCUT2D eigenvalue weighted by molar-refractivity contribution is -0.144. The Morgan fingerprint density at radius 3 is 2.12 bits per heavy atom. The Morgan fingerprint density at radius 1 is 0.875 bits per heavy atom. The molecule has 168 valence electrons. The van der Waals surface area contributed by atoms with Crippen molar-refractivity contribution in [1.82, 2.24) is 15.1 Å². The number of anilines is 1. The van der Waals surface area contributed by atoms with Crippen LogP contribution in [0.5, 0.6) is 0 Å². The predicted octanol–water partition coefficient (Wildman–Crippen LogP) is 1.01. The average molecular weight is 437 g/mol. The van der Waals surface area contributed by atoms with Gasteiger partial charge in [0.05, 0.1) is 18.4 Å². The number of nitrogens with one attached hydrogen (secondary N) is 2. The number of piperidine rings is 1. The summed E-state index contributed by atoms with van der Waals surface area (Å²) in [6.45, 7) is 1.52. The first-order chi connectivity index (χ1) is 15.5. The van der Waals surface area contributed by atoms with Crippen molar-refractivity contribution < 1.29 is 19.2 Å². The van der Waals surface area contributed by atoms with Gasteiger partial charge in [0.15, 0.2) is 0 Å². The van der Waals surface area contributed by atoms with Gasteiger partial charge in [0.1, 0.15) is 6.54 Å². The van der Waals surface area contributed by atoms with Gasteiger partial charge in [-0.3, -0.25) is 29.0 Å². The number of allylic oxidation sites excluding steroid dienone is 2. The van der Waals surface area contributed by atoms with Gasteiger partial charge >= 0.3 is 0 Å². The van der Waals surface area contributed by atoms with Crippen LogP contribution in [0.4, 0.5) is 5.69 Å². The molecule has 2 N–H and O–H groups in total. The van der Waals surface area contributed by atoms with Gasteiger partial charge < -0.3 is 10.6 Å². The highest BCUT2D eigenvalue weighted by Gasteiger charge is 2.59. The van der Waals surface area contributed by atoms with Gasteiger partial charge in [-0.05, 0) is 43.2 Å². The topological polar surface area (TPSA) is 98.8 Å². The number of imide groups is 1. The summed E-state index contributed by atoms with van der Waals surface area (Å²) in [5, 5.41) is 5.86. The highest BCUT2D eigenvalue weighted by molar-refractivity contribution is 6.08. The minimum Gasteiger partial charge on any atom is -0.352 e.